The minimum absolute atomic E-state index is 0.0631. The molecule has 19 heavy (non-hydrogen) atoms. The van der Waals surface area contributed by atoms with E-state index in [2.05, 4.69) is 15.9 Å². The summed E-state index contributed by atoms with van der Waals surface area (Å²) in [5.41, 5.74) is 1.11. The van der Waals surface area contributed by atoms with E-state index in [9.17, 15) is 8.42 Å². The fourth-order valence-electron chi connectivity index (χ4n) is 2.80. The zero-order valence-electron chi connectivity index (χ0n) is 11.1. The number of rotatable bonds is 5. The van der Waals surface area contributed by atoms with Crippen molar-refractivity contribution in [3.8, 4) is 0 Å². The molecule has 0 aromatic heterocycles. The first-order valence-corrected chi connectivity index (χ1v) is 9.79. The Bertz CT molecular complexity index is 478. The molecule has 0 radical (unpaired) electrons. The van der Waals surface area contributed by atoms with Gasteiger partial charge in [-0.1, -0.05) is 65.5 Å². The Morgan fingerprint density at radius 2 is 1.74 bits per heavy atom. The van der Waals surface area contributed by atoms with Crippen molar-refractivity contribution in [2.24, 2.45) is 0 Å². The second kappa shape index (κ2) is 6.89. The lowest BCUT2D eigenvalue weighted by Gasteiger charge is -2.24. The fraction of sp³-hybridized carbons (Fsp3) is 0.600. The van der Waals surface area contributed by atoms with Gasteiger partial charge < -0.3 is 0 Å². The quantitative estimate of drug-likeness (QED) is 0.758. The van der Waals surface area contributed by atoms with E-state index in [1.807, 2.05) is 30.3 Å². The molecule has 1 aliphatic carbocycles. The van der Waals surface area contributed by atoms with Crippen molar-refractivity contribution in [1.29, 1.82) is 0 Å². The van der Waals surface area contributed by atoms with Crippen LogP contribution in [0.1, 0.15) is 43.6 Å². The van der Waals surface area contributed by atoms with Gasteiger partial charge in [-0.05, 0) is 18.4 Å². The van der Waals surface area contributed by atoms with Gasteiger partial charge in [0.05, 0.1) is 11.0 Å². The smallest absolute Gasteiger partial charge is 0.153 e. The number of hydrogen-bond donors (Lipinski definition) is 0. The summed E-state index contributed by atoms with van der Waals surface area (Å²) in [5.74, 6) is 0.334. The van der Waals surface area contributed by atoms with Gasteiger partial charge in [0.25, 0.3) is 0 Å². The van der Waals surface area contributed by atoms with Gasteiger partial charge >= 0.3 is 0 Å². The Hall–Kier alpha value is -0.350. The summed E-state index contributed by atoms with van der Waals surface area (Å²) in [7, 11) is -2.97. The Morgan fingerprint density at radius 3 is 2.32 bits per heavy atom. The van der Waals surface area contributed by atoms with E-state index >= 15 is 0 Å². The van der Waals surface area contributed by atoms with Crippen LogP contribution in [0.5, 0.6) is 0 Å². The average Bonchev–Trinajstić information content (AvgIpc) is 2.47. The van der Waals surface area contributed by atoms with Crippen LogP contribution in [0, 0.1) is 0 Å². The first-order valence-electron chi connectivity index (χ1n) is 6.96. The molecule has 0 aliphatic heterocycles. The molecule has 1 fully saturated rings. The second-order valence-electron chi connectivity index (χ2n) is 5.35. The Kier molecular flexibility index (Phi) is 5.46. The largest absolute Gasteiger partial charge is 0.229 e. The Morgan fingerprint density at radius 1 is 1.11 bits per heavy atom. The van der Waals surface area contributed by atoms with Crippen LogP contribution in [-0.2, 0) is 9.84 Å². The van der Waals surface area contributed by atoms with Crippen LogP contribution in [0.25, 0.3) is 0 Å². The molecule has 2 nitrogen and oxygen atoms in total. The zero-order valence-corrected chi connectivity index (χ0v) is 13.5. The van der Waals surface area contributed by atoms with Crippen LogP contribution < -0.4 is 0 Å². The van der Waals surface area contributed by atoms with Crippen molar-refractivity contribution < 1.29 is 8.42 Å². The molecule has 0 N–H and O–H groups in total. The van der Waals surface area contributed by atoms with Gasteiger partial charge in [0.1, 0.15) is 0 Å². The fourth-order valence-corrected chi connectivity index (χ4v) is 5.90. The molecule has 1 atom stereocenters. The molecule has 0 saturated heterocycles. The zero-order chi connectivity index (χ0) is 13.7. The highest BCUT2D eigenvalue weighted by Crippen LogP contribution is 2.28. The third kappa shape index (κ3) is 4.06. The van der Waals surface area contributed by atoms with E-state index in [-0.39, 0.29) is 16.9 Å². The van der Waals surface area contributed by atoms with Crippen LogP contribution in [0.4, 0.5) is 0 Å². The van der Waals surface area contributed by atoms with Gasteiger partial charge in [-0.2, -0.15) is 0 Å². The SMILES string of the molecule is O=S(=O)(CC(CBr)c1ccccc1)C1CCCCC1. The van der Waals surface area contributed by atoms with Gasteiger partial charge in [0, 0.05) is 11.2 Å². The van der Waals surface area contributed by atoms with Crippen molar-refractivity contribution in [1.82, 2.24) is 0 Å². The molecule has 1 aromatic carbocycles. The van der Waals surface area contributed by atoms with Crippen molar-refractivity contribution in [3.05, 3.63) is 35.9 Å². The van der Waals surface area contributed by atoms with E-state index in [1.54, 1.807) is 0 Å². The number of hydrogen-bond acceptors (Lipinski definition) is 2. The number of benzene rings is 1. The van der Waals surface area contributed by atoms with Gasteiger partial charge in [0.15, 0.2) is 9.84 Å². The van der Waals surface area contributed by atoms with Crippen LogP contribution in [-0.4, -0.2) is 24.8 Å². The summed E-state index contributed by atoms with van der Waals surface area (Å²) in [6.07, 6.45) is 5.02. The van der Waals surface area contributed by atoms with E-state index in [1.165, 1.54) is 6.42 Å². The monoisotopic (exact) mass is 344 g/mol. The number of alkyl halides is 1. The van der Waals surface area contributed by atoms with E-state index in [0.29, 0.717) is 5.33 Å². The van der Waals surface area contributed by atoms with E-state index in [4.69, 9.17) is 0 Å². The van der Waals surface area contributed by atoms with Crippen LogP contribution in [0.15, 0.2) is 30.3 Å². The normalized spacial score (nSPS) is 19.2. The van der Waals surface area contributed by atoms with Gasteiger partial charge in [-0.25, -0.2) is 8.42 Å². The summed E-state index contributed by atoms with van der Waals surface area (Å²) < 4.78 is 25.0. The topological polar surface area (TPSA) is 34.1 Å². The number of sulfone groups is 1. The third-order valence-corrected chi connectivity index (χ3v) is 7.09. The lowest BCUT2D eigenvalue weighted by Crippen LogP contribution is -2.29. The highest BCUT2D eigenvalue weighted by Gasteiger charge is 2.29. The molecule has 0 amide bonds. The second-order valence-corrected chi connectivity index (χ2v) is 8.32. The predicted octanol–water partition coefficient (Wildman–Crippen LogP) is 3.91. The maximum atomic E-state index is 12.5. The molecule has 1 aromatic rings. The van der Waals surface area contributed by atoms with Crippen molar-refractivity contribution >= 4 is 25.8 Å². The van der Waals surface area contributed by atoms with Crippen molar-refractivity contribution in [2.45, 2.75) is 43.3 Å². The maximum absolute atomic E-state index is 12.5. The molecule has 0 bridgehead atoms. The van der Waals surface area contributed by atoms with Gasteiger partial charge in [-0.15, -0.1) is 0 Å². The molecule has 106 valence electrons. The van der Waals surface area contributed by atoms with Gasteiger partial charge in [-0.3, -0.25) is 0 Å². The molecular formula is C15H21BrO2S. The lowest BCUT2D eigenvalue weighted by molar-refractivity contribution is 0.482. The maximum Gasteiger partial charge on any atom is 0.153 e. The van der Waals surface area contributed by atoms with Crippen molar-refractivity contribution in [2.75, 3.05) is 11.1 Å². The average molecular weight is 345 g/mol. The molecule has 4 heteroatoms. The molecule has 0 heterocycles. The van der Waals surface area contributed by atoms with Crippen LogP contribution in [0.3, 0.4) is 0 Å². The van der Waals surface area contributed by atoms with Crippen LogP contribution in [0.2, 0.25) is 0 Å². The molecule has 1 unspecified atom stereocenters. The summed E-state index contributed by atoms with van der Waals surface area (Å²) in [6.45, 7) is 0. The summed E-state index contributed by atoms with van der Waals surface area (Å²) in [4.78, 5) is 0. The Balaban J connectivity index is 2.09. The van der Waals surface area contributed by atoms with E-state index < -0.39 is 9.84 Å². The highest BCUT2D eigenvalue weighted by atomic mass is 79.9. The standard InChI is InChI=1S/C15H21BrO2S/c16-11-14(13-7-3-1-4-8-13)12-19(17,18)15-9-5-2-6-10-15/h1,3-4,7-8,14-15H,2,5-6,9-12H2. The third-order valence-electron chi connectivity index (χ3n) is 3.95. The molecular weight excluding hydrogens is 324 g/mol. The Labute approximate surface area is 124 Å². The minimum Gasteiger partial charge on any atom is -0.229 e. The van der Waals surface area contributed by atoms with Gasteiger partial charge in [0.2, 0.25) is 0 Å². The summed E-state index contributed by atoms with van der Waals surface area (Å²) >= 11 is 3.46. The lowest BCUT2D eigenvalue weighted by atomic mass is 10.0. The summed E-state index contributed by atoms with van der Waals surface area (Å²) in [6, 6.07) is 9.94. The molecule has 2 rings (SSSR count). The van der Waals surface area contributed by atoms with Crippen LogP contribution >= 0.6 is 15.9 Å². The minimum atomic E-state index is -2.97. The predicted molar refractivity (Wildman–Crippen MR) is 83.6 cm³/mol. The molecule has 0 spiro atoms. The first kappa shape index (κ1) is 15.0. The molecule has 1 aliphatic rings. The highest BCUT2D eigenvalue weighted by molar-refractivity contribution is 9.09. The van der Waals surface area contributed by atoms with Crippen molar-refractivity contribution in [3.63, 3.8) is 0 Å². The first-order chi connectivity index (χ1) is 9.13. The molecule has 1 saturated carbocycles. The van der Waals surface area contributed by atoms with E-state index in [0.717, 1.165) is 31.2 Å². The summed E-state index contributed by atoms with van der Waals surface area (Å²) in [5, 5.41) is 0.592. The number of halogens is 1.